The van der Waals surface area contributed by atoms with Crippen LogP contribution in [0.3, 0.4) is 0 Å². The van der Waals surface area contributed by atoms with Gasteiger partial charge in [-0.1, -0.05) is 157 Å². The van der Waals surface area contributed by atoms with Crippen molar-refractivity contribution < 1.29 is 0 Å². The van der Waals surface area contributed by atoms with Crippen molar-refractivity contribution in [3.8, 4) is 50.7 Å². The molecule has 0 N–H and O–H groups in total. The molecule has 0 saturated heterocycles. The zero-order valence-electron chi connectivity index (χ0n) is 41.4. The minimum Gasteiger partial charge on any atom is -0.310 e. The van der Waals surface area contributed by atoms with Crippen molar-refractivity contribution in [2.24, 2.45) is 0 Å². The minimum absolute atomic E-state index is 0.714. The zero-order valence-corrected chi connectivity index (χ0v) is 41.4. The van der Waals surface area contributed by atoms with E-state index in [1.54, 1.807) is 0 Å². The highest BCUT2D eigenvalue weighted by atomic mass is 15.1. The first kappa shape index (κ1) is 44.9. The average Bonchev–Trinajstić information content (AvgIpc) is 3.76. The van der Waals surface area contributed by atoms with E-state index in [1.165, 1.54) is 38.6 Å². The Kier molecular flexibility index (Phi) is 11.7. The number of nitrogens with zero attached hydrogens (tertiary/aromatic N) is 5. The second-order valence-corrected chi connectivity index (χ2v) is 19.0. The van der Waals surface area contributed by atoms with Crippen LogP contribution in [0.5, 0.6) is 0 Å². The minimum atomic E-state index is 0.714. The molecule has 350 valence electrons. The number of aryl methyl sites for hydroxylation is 4. The van der Waals surface area contributed by atoms with Crippen LogP contribution in [0.25, 0.3) is 72.5 Å². The predicted molar refractivity (Wildman–Crippen MR) is 306 cm³/mol. The topological polar surface area (TPSA) is 37.2 Å². The summed E-state index contributed by atoms with van der Waals surface area (Å²) in [5.74, 6) is 0.714. The number of aromatic nitrogens is 3. The Labute approximate surface area is 427 Å². The van der Waals surface area contributed by atoms with Crippen molar-refractivity contribution >= 4 is 55.9 Å². The Morgan fingerprint density at radius 1 is 0.315 bits per heavy atom. The van der Waals surface area contributed by atoms with Gasteiger partial charge in [0.05, 0.1) is 22.4 Å². The van der Waals surface area contributed by atoms with Gasteiger partial charge in [0, 0.05) is 67.3 Å². The summed E-state index contributed by atoms with van der Waals surface area (Å²) in [6.07, 6.45) is 0. The first-order chi connectivity index (χ1) is 35.8. The van der Waals surface area contributed by atoms with Gasteiger partial charge in [0.2, 0.25) is 0 Å². The van der Waals surface area contributed by atoms with E-state index in [1.807, 2.05) is 0 Å². The van der Waals surface area contributed by atoms with Gasteiger partial charge in [-0.05, 0) is 153 Å². The summed E-state index contributed by atoms with van der Waals surface area (Å²) < 4.78 is 2.45. The third-order valence-corrected chi connectivity index (χ3v) is 13.9. The van der Waals surface area contributed by atoms with Gasteiger partial charge in [-0.25, -0.2) is 9.97 Å². The van der Waals surface area contributed by atoms with Crippen molar-refractivity contribution in [3.05, 3.63) is 271 Å². The van der Waals surface area contributed by atoms with Gasteiger partial charge < -0.3 is 14.4 Å². The van der Waals surface area contributed by atoms with Gasteiger partial charge in [0.25, 0.3) is 0 Å². The maximum atomic E-state index is 5.15. The number of rotatable bonds is 11. The van der Waals surface area contributed by atoms with E-state index in [0.29, 0.717) is 5.82 Å². The number of para-hydroxylation sites is 4. The Hall–Kier alpha value is -9.32. The summed E-state index contributed by atoms with van der Waals surface area (Å²) in [4.78, 5) is 14.9. The number of hydrogen-bond acceptors (Lipinski definition) is 4. The molecule has 12 aromatic rings. The normalized spacial score (nSPS) is 11.3. The lowest BCUT2D eigenvalue weighted by Gasteiger charge is -2.26. The van der Waals surface area contributed by atoms with Crippen molar-refractivity contribution in [1.82, 2.24) is 14.5 Å². The van der Waals surface area contributed by atoms with Crippen molar-refractivity contribution in [2.75, 3.05) is 9.80 Å². The molecule has 2 aromatic heterocycles. The second-order valence-electron chi connectivity index (χ2n) is 19.0. The largest absolute Gasteiger partial charge is 0.310 e. The second kappa shape index (κ2) is 19.1. The molecule has 2 heterocycles. The van der Waals surface area contributed by atoms with Gasteiger partial charge >= 0.3 is 0 Å². The molecule has 0 aliphatic heterocycles. The Morgan fingerprint density at radius 2 is 0.671 bits per heavy atom. The Balaban J connectivity index is 0.977. The molecule has 5 nitrogen and oxygen atoms in total. The molecule has 0 saturated carbocycles. The highest BCUT2D eigenvalue weighted by molar-refractivity contribution is 6.12. The van der Waals surface area contributed by atoms with Gasteiger partial charge in [-0.15, -0.1) is 0 Å². The number of benzene rings is 10. The molecule has 0 radical (unpaired) electrons. The summed E-state index contributed by atoms with van der Waals surface area (Å²) in [6.45, 7) is 8.70. The van der Waals surface area contributed by atoms with E-state index in [4.69, 9.17) is 9.97 Å². The van der Waals surface area contributed by atoms with Crippen LogP contribution in [-0.4, -0.2) is 14.5 Å². The monoisotopic (exact) mass is 939 g/mol. The van der Waals surface area contributed by atoms with Crippen LogP contribution in [0.15, 0.2) is 249 Å². The first-order valence-electron chi connectivity index (χ1n) is 25.0. The molecule has 0 amide bonds. The van der Waals surface area contributed by atoms with Crippen molar-refractivity contribution in [2.45, 2.75) is 27.7 Å². The molecule has 0 aliphatic carbocycles. The summed E-state index contributed by atoms with van der Waals surface area (Å²) >= 11 is 0. The molecule has 73 heavy (non-hydrogen) atoms. The SMILES string of the molecule is Cc1ccc(-c2cc(-c3ccc(-c4c(C)cc(-n5c6ccc(N(c7ccccc7)c7ccccc7)cc6c6cc(N(c7ccccc7)c7ccccc7)ccc65)cc4C)cc3)nc(-c3ccc(C)cc3)n2)cc1. The third-order valence-electron chi connectivity index (χ3n) is 13.9. The molecule has 0 atom stereocenters. The quantitative estimate of drug-likeness (QED) is 0.129. The summed E-state index contributed by atoms with van der Waals surface area (Å²) in [5, 5.41) is 2.34. The highest BCUT2D eigenvalue weighted by Gasteiger charge is 2.21. The standard InChI is InChI=1S/C68H53N5/c1-46-25-29-50(30-26-46)63-45-64(70-68(69-63)53-31-27-47(2)28-32-53)51-33-35-52(36-34-51)67-48(3)41-60(42-49(67)4)73-65-39-37-58(71(54-17-9-5-10-18-54)55-19-11-6-12-20-55)43-61(65)62-44-59(38-40-66(62)73)72(56-21-13-7-14-22-56)57-23-15-8-16-24-57/h5-45H,1-4H3. The van der Waals surface area contributed by atoms with Gasteiger partial charge in [-0.3, -0.25) is 0 Å². The van der Waals surface area contributed by atoms with Gasteiger partial charge in [-0.2, -0.15) is 0 Å². The van der Waals surface area contributed by atoms with E-state index in [2.05, 4.69) is 291 Å². The predicted octanol–water partition coefficient (Wildman–Crippen LogP) is 18.4. The summed E-state index contributed by atoms with van der Waals surface area (Å²) in [6, 6.07) is 89.1. The maximum Gasteiger partial charge on any atom is 0.160 e. The molecular weight excluding hydrogens is 887 g/mol. The molecule has 5 heteroatoms. The fraction of sp³-hybridized carbons (Fsp3) is 0.0588. The molecule has 12 rings (SSSR count). The fourth-order valence-electron chi connectivity index (χ4n) is 10.4. The number of fused-ring (bicyclic) bond motifs is 3. The zero-order chi connectivity index (χ0) is 49.4. The lowest BCUT2D eigenvalue weighted by atomic mass is 9.94. The van der Waals surface area contributed by atoms with Crippen LogP contribution in [0, 0.1) is 27.7 Å². The van der Waals surface area contributed by atoms with E-state index >= 15 is 0 Å². The summed E-state index contributed by atoms with van der Waals surface area (Å²) in [7, 11) is 0. The highest BCUT2D eigenvalue weighted by Crippen LogP contribution is 2.44. The lowest BCUT2D eigenvalue weighted by Crippen LogP contribution is -2.09. The van der Waals surface area contributed by atoms with E-state index in [9.17, 15) is 0 Å². The van der Waals surface area contributed by atoms with Gasteiger partial charge in [0.1, 0.15) is 0 Å². The Morgan fingerprint density at radius 3 is 1.07 bits per heavy atom. The van der Waals surface area contributed by atoms with E-state index < -0.39 is 0 Å². The molecule has 0 unspecified atom stereocenters. The van der Waals surface area contributed by atoms with Crippen LogP contribution >= 0.6 is 0 Å². The average molecular weight is 940 g/mol. The van der Waals surface area contributed by atoms with Crippen molar-refractivity contribution in [3.63, 3.8) is 0 Å². The van der Waals surface area contributed by atoms with Crippen LogP contribution in [0.4, 0.5) is 34.1 Å². The third kappa shape index (κ3) is 8.72. The van der Waals surface area contributed by atoms with Gasteiger partial charge in [0.15, 0.2) is 5.82 Å². The maximum absolute atomic E-state index is 5.15. The number of anilines is 6. The smallest absolute Gasteiger partial charge is 0.160 e. The van der Waals surface area contributed by atoms with E-state index in [-0.39, 0.29) is 0 Å². The summed E-state index contributed by atoms with van der Waals surface area (Å²) in [5.41, 5.74) is 22.1. The van der Waals surface area contributed by atoms with E-state index in [0.717, 1.165) is 84.5 Å². The fourth-order valence-corrected chi connectivity index (χ4v) is 10.4. The lowest BCUT2D eigenvalue weighted by molar-refractivity contribution is 1.16. The molecular formula is C68H53N5. The molecule has 10 aromatic carbocycles. The molecule has 0 aliphatic rings. The van der Waals surface area contributed by atoms with Crippen LogP contribution in [-0.2, 0) is 0 Å². The Bertz CT molecular complexity index is 3600. The number of hydrogen-bond donors (Lipinski definition) is 0. The van der Waals surface area contributed by atoms with Crippen LogP contribution in [0.1, 0.15) is 22.3 Å². The molecule has 0 spiro atoms. The van der Waals surface area contributed by atoms with Crippen molar-refractivity contribution in [1.29, 1.82) is 0 Å². The van der Waals surface area contributed by atoms with Crippen LogP contribution < -0.4 is 9.80 Å². The van der Waals surface area contributed by atoms with Crippen LogP contribution in [0.2, 0.25) is 0 Å². The first-order valence-corrected chi connectivity index (χ1v) is 25.0. The molecule has 0 bridgehead atoms. The molecule has 0 fully saturated rings.